The molecule has 0 N–H and O–H groups in total. The molecule has 4 heterocycles. The summed E-state index contributed by atoms with van der Waals surface area (Å²) >= 11 is 6.05. The van der Waals surface area contributed by atoms with Gasteiger partial charge >= 0.3 is 0 Å². The molecule has 0 bridgehead atoms. The Bertz CT molecular complexity index is 1210. The van der Waals surface area contributed by atoms with Gasteiger partial charge in [0.15, 0.2) is 5.65 Å². The molecule has 3 aromatic heterocycles. The number of hydrogen-bond acceptors (Lipinski definition) is 4. The molecule has 1 atom stereocenters. The maximum absolute atomic E-state index is 6.05. The normalized spacial score (nSPS) is 17.2. The molecule has 0 spiro atoms. The van der Waals surface area contributed by atoms with Gasteiger partial charge in [-0.1, -0.05) is 36.7 Å². The van der Waals surface area contributed by atoms with Gasteiger partial charge in [0.25, 0.3) is 0 Å². The molecule has 1 aliphatic rings. The third-order valence-electron chi connectivity index (χ3n) is 6.44. The average molecular weight is 446 g/mol. The number of nitrogens with zero attached hydrogens (tertiary/aromatic N) is 5. The van der Waals surface area contributed by atoms with Gasteiger partial charge in [-0.15, -0.1) is 0 Å². The third kappa shape index (κ3) is 4.15. The van der Waals surface area contributed by atoms with Crippen LogP contribution in [0, 0.1) is 6.92 Å². The minimum atomic E-state index is 0.425. The van der Waals surface area contributed by atoms with Crippen molar-refractivity contribution in [3.05, 3.63) is 82.5 Å². The van der Waals surface area contributed by atoms with Crippen molar-refractivity contribution in [2.45, 2.75) is 45.6 Å². The van der Waals surface area contributed by atoms with Crippen LogP contribution in [0.2, 0.25) is 5.02 Å². The molecule has 32 heavy (non-hydrogen) atoms. The molecule has 0 saturated carbocycles. The zero-order valence-corrected chi connectivity index (χ0v) is 19.4. The Hall–Kier alpha value is -2.76. The van der Waals surface area contributed by atoms with Crippen LogP contribution in [0.3, 0.4) is 0 Å². The molecule has 0 aliphatic carbocycles. The summed E-state index contributed by atoms with van der Waals surface area (Å²) in [5.74, 6) is 0.425. The van der Waals surface area contributed by atoms with Crippen molar-refractivity contribution in [3.63, 3.8) is 0 Å². The fourth-order valence-corrected chi connectivity index (χ4v) is 4.91. The SMILES string of the molecule is CCc1ccc(-c2c(C)nn3c(C4CCCN(Cc5ccc(Cl)cc5)C4)ccnc23)cn1. The standard InChI is InChI=1S/C26H28ClN5/c1-3-23-11-8-20(15-29-23)25-18(2)30-32-24(12-13-28-26(25)32)21-5-4-14-31(17-21)16-19-6-9-22(27)10-7-19/h6-13,15,21H,3-5,14,16-17H2,1-2H3. The molecule has 0 radical (unpaired) electrons. The van der Waals surface area contributed by atoms with E-state index in [1.165, 1.54) is 17.7 Å². The van der Waals surface area contributed by atoms with E-state index >= 15 is 0 Å². The number of likely N-dealkylation sites (tertiary alicyclic amines) is 1. The minimum absolute atomic E-state index is 0.425. The van der Waals surface area contributed by atoms with Crippen LogP contribution >= 0.6 is 11.6 Å². The number of hydrogen-bond donors (Lipinski definition) is 0. The Morgan fingerprint density at radius 2 is 1.91 bits per heavy atom. The van der Waals surface area contributed by atoms with Gasteiger partial charge in [-0.2, -0.15) is 5.10 Å². The zero-order chi connectivity index (χ0) is 22.1. The highest BCUT2D eigenvalue weighted by Crippen LogP contribution is 2.32. The van der Waals surface area contributed by atoms with Gasteiger partial charge in [0.05, 0.1) is 17.0 Å². The summed E-state index contributed by atoms with van der Waals surface area (Å²) in [6, 6.07) is 14.6. The van der Waals surface area contributed by atoms with Gasteiger partial charge in [-0.25, -0.2) is 9.50 Å². The summed E-state index contributed by atoms with van der Waals surface area (Å²) in [6.45, 7) is 7.27. The lowest BCUT2D eigenvalue weighted by Gasteiger charge is -2.33. The fraction of sp³-hybridized carbons (Fsp3) is 0.346. The van der Waals surface area contributed by atoms with E-state index in [1.54, 1.807) is 0 Å². The predicted molar refractivity (Wildman–Crippen MR) is 129 cm³/mol. The number of aromatic nitrogens is 4. The van der Waals surface area contributed by atoms with Crippen molar-refractivity contribution < 1.29 is 0 Å². The van der Waals surface area contributed by atoms with Gasteiger partial charge in [0, 0.05) is 47.7 Å². The van der Waals surface area contributed by atoms with E-state index < -0.39 is 0 Å². The summed E-state index contributed by atoms with van der Waals surface area (Å²) in [5, 5.41) is 5.71. The van der Waals surface area contributed by atoms with Crippen LogP contribution in [0.15, 0.2) is 54.9 Å². The van der Waals surface area contributed by atoms with Crippen LogP contribution in [0.5, 0.6) is 0 Å². The monoisotopic (exact) mass is 445 g/mol. The van der Waals surface area contributed by atoms with Crippen LogP contribution < -0.4 is 0 Å². The molecular formula is C26H28ClN5. The zero-order valence-electron chi connectivity index (χ0n) is 18.6. The number of pyridine rings is 1. The smallest absolute Gasteiger partial charge is 0.163 e. The van der Waals surface area contributed by atoms with Gasteiger partial charge < -0.3 is 0 Å². The van der Waals surface area contributed by atoms with E-state index in [-0.39, 0.29) is 0 Å². The van der Waals surface area contributed by atoms with Crippen molar-refractivity contribution in [1.82, 2.24) is 24.5 Å². The second kappa shape index (κ2) is 9.00. The molecule has 1 aromatic carbocycles. The highest BCUT2D eigenvalue weighted by molar-refractivity contribution is 6.30. The van der Waals surface area contributed by atoms with Crippen molar-refractivity contribution in [2.75, 3.05) is 13.1 Å². The van der Waals surface area contributed by atoms with Gasteiger partial charge in [0.2, 0.25) is 0 Å². The molecule has 4 aromatic rings. The highest BCUT2D eigenvalue weighted by Gasteiger charge is 2.25. The molecule has 1 unspecified atom stereocenters. The van der Waals surface area contributed by atoms with E-state index in [0.29, 0.717) is 5.92 Å². The van der Waals surface area contributed by atoms with Crippen LogP contribution in [0.1, 0.15) is 48.3 Å². The molecule has 1 saturated heterocycles. The van der Waals surface area contributed by atoms with E-state index in [9.17, 15) is 0 Å². The molecular weight excluding hydrogens is 418 g/mol. The number of fused-ring (bicyclic) bond motifs is 1. The lowest BCUT2D eigenvalue weighted by atomic mass is 9.94. The van der Waals surface area contributed by atoms with Crippen LogP contribution in [-0.2, 0) is 13.0 Å². The van der Waals surface area contributed by atoms with Crippen molar-refractivity contribution in [1.29, 1.82) is 0 Å². The first-order valence-corrected chi connectivity index (χ1v) is 11.8. The summed E-state index contributed by atoms with van der Waals surface area (Å²) in [7, 11) is 0. The molecule has 6 heteroatoms. The minimum Gasteiger partial charge on any atom is -0.298 e. The summed E-state index contributed by atoms with van der Waals surface area (Å²) in [5.41, 5.74) is 7.70. The van der Waals surface area contributed by atoms with E-state index in [0.717, 1.165) is 65.7 Å². The molecule has 1 fully saturated rings. The van der Waals surface area contributed by atoms with Crippen LogP contribution in [0.25, 0.3) is 16.8 Å². The third-order valence-corrected chi connectivity index (χ3v) is 6.69. The quantitative estimate of drug-likeness (QED) is 0.395. The lowest BCUT2D eigenvalue weighted by Crippen LogP contribution is -2.34. The second-order valence-electron chi connectivity index (χ2n) is 8.66. The Labute approximate surface area is 194 Å². The molecule has 164 valence electrons. The van der Waals surface area contributed by atoms with Crippen LogP contribution in [-0.4, -0.2) is 37.6 Å². The van der Waals surface area contributed by atoms with Crippen molar-refractivity contribution >= 4 is 17.2 Å². The van der Waals surface area contributed by atoms with Crippen molar-refractivity contribution in [3.8, 4) is 11.1 Å². The first-order valence-electron chi connectivity index (χ1n) is 11.4. The molecule has 5 rings (SSSR count). The predicted octanol–water partition coefficient (Wildman–Crippen LogP) is 5.70. The largest absolute Gasteiger partial charge is 0.298 e. The Morgan fingerprint density at radius 1 is 1.06 bits per heavy atom. The molecule has 5 nitrogen and oxygen atoms in total. The lowest BCUT2D eigenvalue weighted by molar-refractivity contribution is 0.197. The second-order valence-corrected chi connectivity index (χ2v) is 9.09. The number of rotatable bonds is 5. The van der Waals surface area contributed by atoms with Crippen LogP contribution in [0.4, 0.5) is 0 Å². The fourth-order valence-electron chi connectivity index (χ4n) is 4.79. The maximum Gasteiger partial charge on any atom is 0.163 e. The van der Waals surface area contributed by atoms with E-state index in [4.69, 9.17) is 21.7 Å². The summed E-state index contributed by atoms with van der Waals surface area (Å²) < 4.78 is 2.06. The van der Waals surface area contributed by atoms with E-state index in [2.05, 4.69) is 58.6 Å². The number of piperidine rings is 1. The first-order chi connectivity index (χ1) is 15.6. The number of benzene rings is 1. The summed E-state index contributed by atoms with van der Waals surface area (Å²) in [4.78, 5) is 11.8. The van der Waals surface area contributed by atoms with Gasteiger partial charge in [-0.05, 0) is 62.6 Å². The maximum atomic E-state index is 6.05. The number of halogens is 1. The molecule has 0 amide bonds. The average Bonchev–Trinajstić information content (AvgIpc) is 3.16. The first kappa shape index (κ1) is 21.1. The van der Waals surface area contributed by atoms with Gasteiger partial charge in [0.1, 0.15) is 0 Å². The highest BCUT2D eigenvalue weighted by atomic mass is 35.5. The molecule has 1 aliphatic heterocycles. The van der Waals surface area contributed by atoms with E-state index in [1.807, 2.05) is 24.5 Å². The summed E-state index contributed by atoms with van der Waals surface area (Å²) in [6.07, 6.45) is 7.16. The Kier molecular flexibility index (Phi) is 5.94. The van der Waals surface area contributed by atoms with Gasteiger partial charge in [-0.3, -0.25) is 9.88 Å². The Balaban J connectivity index is 1.44. The topological polar surface area (TPSA) is 46.3 Å². The Morgan fingerprint density at radius 3 is 2.66 bits per heavy atom. The number of aryl methyl sites for hydroxylation is 2. The van der Waals surface area contributed by atoms with Crippen molar-refractivity contribution in [2.24, 2.45) is 0 Å².